The summed E-state index contributed by atoms with van der Waals surface area (Å²) in [5, 5.41) is 9.51. The molecule has 4 nitrogen and oxygen atoms in total. The van der Waals surface area contributed by atoms with Gasteiger partial charge in [0, 0.05) is 13.1 Å². The van der Waals surface area contributed by atoms with Crippen molar-refractivity contribution >= 4 is 5.91 Å². The van der Waals surface area contributed by atoms with Crippen molar-refractivity contribution in [1.82, 2.24) is 9.80 Å². The number of hydrogen-bond acceptors (Lipinski definition) is 3. The van der Waals surface area contributed by atoms with E-state index in [1.165, 1.54) is 18.6 Å². The fourth-order valence-corrected chi connectivity index (χ4v) is 3.70. The van der Waals surface area contributed by atoms with Crippen molar-refractivity contribution < 1.29 is 14.3 Å². The zero-order valence-electron chi connectivity index (χ0n) is 15.6. The zero-order chi connectivity index (χ0) is 19.1. The minimum absolute atomic E-state index is 0.0404. The van der Waals surface area contributed by atoms with E-state index >= 15 is 0 Å². The monoisotopic (exact) mass is 370 g/mol. The molecule has 1 aliphatic rings. The van der Waals surface area contributed by atoms with E-state index in [4.69, 9.17) is 0 Å². The molecule has 0 radical (unpaired) electrons. The summed E-state index contributed by atoms with van der Waals surface area (Å²) in [5.74, 6) is -0.346. The molecule has 0 aromatic heterocycles. The van der Waals surface area contributed by atoms with E-state index in [2.05, 4.69) is 4.90 Å². The third-order valence-electron chi connectivity index (χ3n) is 5.07. The summed E-state index contributed by atoms with van der Waals surface area (Å²) in [6.07, 6.45) is 3.29. The SMILES string of the molecule is O=C(C(c1ccc(F)cc1)N1CCCCC1)N(CCO)Cc1ccccc1. The molecule has 2 aromatic carbocycles. The van der Waals surface area contributed by atoms with Gasteiger partial charge in [-0.15, -0.1) is 0 Å². The highest BCUT2D eigenvalue weighted by molar-refractivity contribution is 5.83. The predicted octanol–water partition coefficient (Wildman–Crippen LogP) is 3.37. The van der Waals surface area contributed by atoms with E-state index in [1.54, 1.807) is 17.0 Å². The third kappa shape index (κ3) is 5.15. The Balaban J connectivity index is 1.87. The van der Waals surface area contributed by atoms with Crippen LogP contribution in [0, 0.1) is 5.82 Å². The zero-order valence-corrected chi connectivity index (χ0v) is 15.6. The molecule has 1 N–H and O–H groups in total. The number of likely N-dealkylation sites (tertiary alicyclic amines) is 1. The van der Waals surface area contributed by atoms with Gasteiger partial charge in [0.05, 0.1) is 6.61 Å². The summed E-state index contributed by atoms with van der Waals surface area (Å²) >= 11 is 0. The largest absolute Gasteiger partial charge is 0.395 e. The number of hydrogen-bond donors (Lipinski definition) is 1. The molecule has 1 unspecified atom stereocenters. The first-order chi connectivity index (χ1) is 13.2. The van der Waals surface area contributed by atoms with Gasteiger partial charge in [0.15, 0.2) is 0 Å². The summed E-state index contributed by atoms with van der Waals surface area (Å²) < 4.78 is 13.4. The first-order valence-electron chi connectivity index (χ1n) is 9.62. The van der Waals surface area contributed by atoms with Crippen LogP contribution >= 0.6 is 0 Å². The number of carbonyl (C=O) groups excluding carboxylic acids is 1. The van der Waals surface area contributed by atoms with Crippen LogP contribution in [0.25, 0.3) is 0 Å². The summed E-state index contributed by atoms with van der Waals surface area (Å²) in [6, 6.07) is 15.6. The summed E-state index contributed by atoms with van der Waals surface area (Å²) in [4.78, 5) is 17.4. The third-order valence-corrected chi connectivity index (χ3v) is 5.07. The molecule has 144 valence electrons. The number of aliphatic hydroxyl groups excluding tert-OH is 1. The van der Waals surface area contributed by atoms with Crippen molar-refractivity contribution in [2.45, 2.75) is 31.8 Å². The molecular weight excluding hydrogens is 343 g/mol. The van der Waals surface area contributed by atoms with E-state index in [0.717, 1.165) is 37.1 Å². The number of aliphatic hydroxyl groups is 1. The molecule has 0 bridgehead atoms. The second-order valence-electron chi connectivity index (χ2n) is 7.02. The molecular formula is C22H27FN2O2. The van der Waals surface area contributed by atoms with E-state index in [9.17, 15) is 14.3 Å². The van der Waals surface area contributed by atoms with Crippen molar-refractivity contribution in [1.29, 1.82) is 0 Å². The number of amides is 1. The Hall–Kier alpha value is -2.24. The maximum atomic E-state index is 13.5. The van der Waals surface area contributed by atoms with E-state index in [-0.39, 0.29) is 24.9 Å². The summed E-state index contributed by atoms with van der Waals surface area (Å²) in [7, 11) is 0. The standard InChI is InChI=1S/C22H27FN2O2/c23-20-11-9-19(10-12-20)21(24-13-5-2-6-14-24)22(27)25(15-16-26)17-18-7-3-1-4-8-18/h1,3-4,7-12,21,26H,2,5-6,13-17H2. The van der Waals surface area contributed by atoms with Crippen molar-refractivity contribution in [3.8, 4) is 0 Å². The van der Waals surface area contributed by atoms with E-state index < -0.39 is 6.04 Å². The van der Waals surface area contributed by atoms with Gasteiger partial charge in [-0.05, 0) is 49.2 Å². The average molecular weight is 370 g/mol. The number of carbonyl (C=O) groups is 1. The molecule has 2 aromatic rings. The van der Waals surface area contributed by atoms with Gasteiger partial charge in [-0.3, -0.25) is 9.69 Å². The lowest BCUT2D eigenvalue weighted by molar-refractivity contribution is -0.139. The molecule has 0 saturated carbocycles. The Morgan fingerprint density at radius 1 is 1.04 bits per heavy atom. The molecule has 27 heavy (non-hydrogen) atoms. The average Bonchev–Trinajstić information content (AvgIpc) is 2.71. The molecule has 1 aliphatic heterocycles. The first kappa shape index (κ1) is 19.5. The maximum absolute atomic E-state index is 13.5. The Kier molecular flexibility index (Phi) is 6.96. The van der Waals surface area contributed by atoms with Crippen LogP contribution in [0.1, 0.15) is 36.4 Å². The Bertz CT molecular complexity index is 715. The second-order valence-corrected chi connectivity index (χ2v) is 7.02. The van der Waals surface area contributed by atoms with Crippen LogP contribution in [-0.2, 0) is 11.3 Å². The Morgan fingerprint density at radius 3 is 2.33 bits per heavy atom. The van der Waals surface area contributed by atoms with Crippen LogP contribution in [0.2, 0.25) is 0 Å². The summed E-state index contributed by atoms with van der Waals surface area (Å²) in [6.45, 7) is 2.35. The van der Waals surface area contributed by atoms with Gasteiger partial charge in [0.2, 0.25) is 5.91 Å². The smallest absolute Gasteiger partial charge is 0.244 e. The Labute approximate surface area is 160 Å². The van der Waals surface area contributed by atoms with Crippen molar-refractivity contribution in [3.05, 3.63) is 71.5 Å². The van der Waals surface area contributed by atoms with Crippen LogP contribution in [0.15, 0.2) is 54.6 Å². The Morgan fingerprint density at radius 2 is 1.70 bits per heavy atom. The molecule has 1 amide bonds. The molecule has 1 fully saturated rings. The minimum atomic E-state index is -0.443. The second kappa shape index (κ2) is 9.62. The van der Waals surface area contributed by atoms with Crippen LogP contribution in [-0.4, -0.2) is 47.1 Å². The number of rotatable bonds is 7. The number of piperidine rings is 1. The fourth-order valence-electron chi connectivity index (χ4n) is 3.70. The van der Waals surface area contributed by atoms with Crippen LogP contribution in [0.4, 0.5) is 4.39 Å². The van der Waals surface area contributed by atoms with Gasteiger partial charge in [-0.2, -0.15) is 0 Å². The van der Waals surface area contributed by atoms with Gasteiger partial charge in [-0.1, -0.05) is 48.9 Å². The maximum Gasteiger partial charge on any atom is 0.244 e. The highest BCUT2D eigenvalue weighted by Gasteiger charge is 2.32. The van der Waals surface area contributed by atoms with E-state index in [0.29, 0.717) is 6.54 Å². The summed E-state index contributed by atoms with van der Waals surface area (Å²) in [5.41, 5.74) is 1.83. The lowest BCUT2D eigenvalue weighted by Crippen LogP contribution is -2.45. The molecule has 1 heterocycles. The van der Waals surface area contributed by atoms with E-state index in [1.807, 2.05) is 30.3 Å². The first-order valence-corrected chi connectivity index (χ1v) is 9.62. The highest BCUT2D eigenvalue weighted by Crippen LogP contribution is 2.27. The predicted molar refractivity (Wildman–Crippen MR) is 104 cm³/mol. The van der Waals surface area contributed by atoms with Gasteiger partial charge in [-0.25, -0.2) is 4.39 Å². The van der Waals surface area contributed by atoms with Crippen molar-refractivity contribution in [3.63, 3.8) is 0 Å². The quantitative estimate of drug-likeness (QED) is 0.813. The van der Waals surface area contributed by atoms with Crippen LogP contribution < -0.4 is 0 Å². The lowest BCUT2D eigenvalue weighted by atomic mass is 10.00. The van der Waals surface area contributed by atoms with Crippen molar-refractivity contribution in [2.75, 3.05) is 26.2 Å². The molecule has 1 atom stereocenters. The van der Waals surface area contributed by atoms with Gasteiger partial charge in [0.1, 0.15) is 11.9 Å². The topological polar surface area (TPSA) is 43.8 Å². The number of halogens is 1. The van der Waals surface area contributed by atoms with Crippen LogP contribution in [0.5, 0.6) is 0 Å². The van der Waals surface area contributed by atoms with Gasteiger partial charge in [0.25, 0.3) is 0 Å². The number of nitrogens with zero attached hydrogens (tertiary/aromatic N) is 2. The highest BCUT2D eigenvalue weighted by atomic mass is 19.1. The molecule has 0 spiro atoms. The van der Waals surface area contributed by atoms with Crippen LogP contribution in [0.3, 0.4) is 0 Å². The lowest BCUT2D eigenvalue weighted by Gasteiger charge is -2.37. The van der Waals surface area contributed by atoms with Gasteiger partial charge < -0.3 is 10.0 Å². The number of benzene rings is 2. The molecule has 3 rings (SSSR count). The molecule has 0 aliphatic carbocycles. The van der Waals surface area contributed by atoms with Crippen molar-refractivity contribution in [2.24, 2.45) is 0 Å². The minimum Gasteiger partial charge on any atom is -0.395 e. The van der Waals surface area contributed by atoms with Gasteiger partial charge >= 0.3 is 0 Å². The fraction of sp³-hybridized carbons (Fsp3) is 0.409. The molecule has 5 heteroatoms. The molecule has 1 saturated heterocycles. The normalized spacial score (nSPS) is 16.1.